The Morgan fingerprint density at radius 2 is 2.42 bits per heavy atom. The smallest absolute Gasteiger partial charge is 0.305 e. The molecule has 1 aliphatic heterocycles. The molecule has 0 aromatic carbocycles. The Bertz CT molecular complexity index is 506. The van der Waals surface area contributed by atoms with E-state index in [9.17, 15) is 10.1 Å². The lowest BCUT2D eigenvalue weighted by molar-refractivity contribution is -0.385. The van der Waals surface area contributed by atoms with Gasteiger partial charge in [0.1, 0.15) is 12.7 Å². The summed E-state index contributed by atoms with van der Waals surface area (Å²) in [7, 11) is 0. The number of ether oxygens (including phenoxy) is 1. The third kappa shape index (κ3) is 3.39. The number of hydrogen-bond donors (Lipinski definition) is 1. The van der Waals surface area contributed by atoms with E-state index >= 15 is 0 Å². The van der Waals surface area contributed by atoms with E-state index in [0.717, 1.165) is 19.4 Å². The highest BCUT2D eigenvalue weighted by Gasteiger charge is 2.17. The van der Waals surface area contributed by atoms with Crippen LogP contribution in [0.1, 0.15) is 25.0 Å². The van der Waals surface area contributed by atoms with E-state index in [4.69, 9.17) is 10.00 Å². The first kappa shape index (κ1) is 13.2. The molecule has 0 spiro atoms. The number of nitrogens with one attached hydrogen (secondary N) is 1. The second-order valence-corrected chi connectivity index (χ2v) is 4.34. The molecule has 2 heterocycles. The first-order valence-corrected chi connectivity index (χ1v) is 6.12. The van der Waals surface area contributed by atoms with Crippen molar-refractivity contribution >= 4 is 5.69 Å². The van der Waals surface area contributed by atoms with Gasteiger partial charge in [0.15, 0.2) is 0 Å². The van der Waals surface area contributed by atoms with Crippen molar-refractivity contribution in [3.05, 3.63) is 27.9 Å². The minimum Gasteiger partial charge on any atom is -0.476 e. The van der Waals surface area contributed by atoms with E-state index in [0.29, 0.717) is 6.61 Å². The molecule has 1 aromatic rings. The lowest BCUT2D eigenvalue weighted by Gasteiger charge is -2.23. The standard InChI is InChI=1S/C12H14N4O3/c13-7-10-11(16(17)18)4-5-12(15-10)19-8-9-3-1-2-6-14-9/h4-5,9,14H,1-3,6,8H2. The van der Waals surface area contributed by atoms with Gasteiger partial charge in [0.2, 0.25) is 11.6 Å². The molecule has 0 aliphatic carbocycles. The molecule has 0 radical (unpaired) electrons. The Morgan fingerprint density at radius 1 is 1.58 bits per heavy atom. The van der Waals surface area contributed by atoms with Crippen LogP contribution in [0.15, 0.2) is 12.1 Å². The maximum Gasteiger partial charge on any atom is 0.305 e. The van der Waals surface area contributed by atoms with Crippen LogP contribution < -0.4 is 10.1 Å². The minimum absolute atomic E-state index is 0.223. The van der Waals surface area contributed by atoms with Crippen molar-refractivity contribution in [2.75, 3.05) is 13.2 Å². The summed E-state index contributed by atoms with van der Waals surface area (Å²) in [5.74, 6) is 0.245. The van der Waals surface area contributed by atoms with Crippen LogP contribution in [0.4, 0.5) is 5.69 Å². The van der Waals surface area contributed by atoms with Crippen molar-refractivity contribution in [3.8, 4) is 11.9 Å². The highest BCUT2D eigenvalue weighted by molar-refractivity contribution is 5.45. The van der Waals surface area contributed by atoms with Crippen LogP contribution in [0.5, 0.6) is 5.88 Å². The van der Waals surface area contributed by atoms with Crippen molar-refractivity contribution in [1.82, 2.24) is 10.3 Å². The van der Waals surface area contributed by atoms with Crippen molar-refractivity contribution in [1.29, 1.82) is 5.26 Å². The van der Waals surface area contributed by atoms with Crippen molar-refractivity contribution in [2.24, 2.45) is 0 Å². The summed E-state index contributed by atoms with van der Waals surface area (Å²) in [5, 5.41) is 22.8. The molecule has 1 N–H and O–H groups in total. The molecule has 7 nitrogen and oxygen atoms in total. The Balaban J connectivity index is 2.01. The molecule has 1 aromatic heterocycles. The second kappa shape index (κ2) is 6.11. The molecule has 1 aliphatic rings. The fourth-order valence-corrected chi connectivity index (χ4v) is 2.00. The van der Waals surface area contributed by atoms with Gasteiger partial charge in [0, 0.05) is 18.2 Å². The molecule has 0 saturated carbocycles. The summed E-state index contributed by atoms with van der Waals surface area (Å²) < 4.78 is 5.48. The summed E-state index contributed by atoms with van der Waals surface area (Å²) in [4.78, 5) is 13.9. The number of aromatic nitrogens is 1. The summed E-state index contributed by atoms with van der Waals surface area (Å²) in [5.41, 5.74) is -0.523. The number of nitrogens with zero attached hydrogens (tertiary/aromatic N) is 3. The van der Waals surface area contributed by atoms with E-state index < -0.39 is 4.92 Å². The number of piperidine rings is 1. The van der Waals surface area contributed by atoms with E-state index in [1.165, 1.54) is 18.6 Å². The fraction of sp³-hybridized carbons (Fsp3) is 0.500. The van der Waals surface area contributed by atoms with Gasteiger partial charge in [-0.25, -0.2) is 0 Å². The van der Waals surface area contributed by atoms with Crippen LogP contribution in [0.2, 0.25) is 0 Å². The number of hydrogen-bond acceptors (Lipinski definition) is 6. The van der Waals surface area contributed by atoms with Gasteiger partial charge in [-0.2, -0.15) is 10.2 Å². The van der Waals surface area contributed by atoms with Gasteiger partial charge in [-0.15, -0.1) is 0 Å². The number of nitriles is 1. The van der Waals surface area contributed by atoms with Crippen molar-refractivity contribution in [2.45, 2.75) is 25.3 Å². The molecule has 1 saturated heterocycles. The predicted octanol–water partition coefficient (Wildman–Crippen LogP) is 1.38. The average molecular weight is 262 g/mol. The van der Waals surface area contributed by atoms with E-state index in [1.54, 1.807) is 6.07 Å². The number of rotatable bonds is 4. The molecule has 1 atom stereocenters. The SMILES string of the molecule is N#Cc1nc(OCC2CCCCN2)ccc1[N+](=O)[O-]. The molecular weight excluding hydrogens is 248 g/mol. The number of pyridine rings is 1. The Kier molecular flexibility index (Phi) is 4.26. The van der Waals surface area contributed by atoms with Crippen LogP contribution >= 0.6 is 0 Å². The molecule has 2 rings (SSSR count). The quantitative estimate of drug-likeness (QED) is 0.649. The second-order valence-electron chi connectivity index (χ2n) is 4.34. The summed E-state index contributed by atoms with van der Waals surface area (Å²) >= 11 is 0. The normalized spacial score (nSPS) is 18.6. The Hall–Kier alpha value is -2.20. The Morgan fingerprint density at radius 3 is 3.05 bits per heavy atom. The van der Waals surface area contributed by atoms with Crippen LogP contribution in [0, 0.1) is 21.4 Å². The molecule has 0 amide bonds. The molecule has 100 valence electrons. The highest BCUT2D eigenvalue weighted by Crippen LogP contribution is 2.19. The van der Waals surface area contributed by atoms with Gasteiger partial charge in [0.05, 0.1) is 4.92 Å². The average Bonchev–Trinajstić information content (AvgIpc) is 2.45. The van der Waals surface area contributed by atoms with Crippen molar-refractivity contribution < 1.29 is 9.66 Å². The topological polar surface area (TPSA) is 101 Å². The van der Waals surface area contributed by atoms with Gasteiger partial charge >= 0.3 is 5.69 Å². The monoisotopic (exact) mass is 262 g/mol. The largest absolute Gasteiger partial charge is 0.476 e. The summed E-state index contributed by atoms with van der Waals surface area (Å²) in [6.07, 6.45) is 3.38. The maximum atomic E-state index is 10.7. The third-order valence-corrected chi connectivity index (χ3v) is 3.00. The van der Waals surface area contributed by atoms with Gasteiger partial charge in [-0.1, -0.05) is 6.42 Å². The highest BCUT2D eigenvalue weighted by atomic mass is 16.6. The molecule has 7 heteroatoms. The molecule has 0 bridgehead atoms. The van der Waals surface area contributed by atoms with Crippen LogP contribution in [0.25, 0.3) is 0 Å². The van der Waals surface area contributed by atoms with E-state index in [-0.39, 0.29) is 23.3 Å². The van der Waals surface area contributed by atoms with Crippen molar-refractivity contribution in [3.63, 3.8) is 0 Å². The lowest BCUT2D eigenvalue weighted by Crippen LogP contribution is -2.38. The summed E-state index contributed by atoms with van der Waals surface area (Å²) in [6.45, 7) is 1.43. The van der Waals surface area contributed by atoms with Gasteiger partial charge in [-0.3, -0.25) is 10.1 Å². The zero-order valence-electron chi connectivity index (χ0n) is 10.3. The number of nitro groups is 1. The van der Waals surface area contributed by atoms with E-state index in [2.05, 4.69) is 10.3 Å². The summed E-state index contributed by atoms with van der Waals surface area (Å²) in [6, 6.07) is 4.64. The van der Waals surface area contributed by atoms with Gasteiger partial charge in [0.25, 0.3) is 0 Å². The zero-order valence-corrected chi connectivity index (χ0v) is 10.3. The van der Waals surface area contributed by atoms with Crippen LogP contribution in [0.3, 0.4) is 0 Å². The predicted molar refractivity (Wildman–Crippen MR) is 66.7 cm³/mol. The first-order chi connectivity index (χ1) is 9.20. The minimum atomic E-state index is -0.627. The van der Waals surface area contributed by atoms with Gasteiger partial charge < -0.3 is 10.1 Å². The molecule has 1 fully saturated rings. The zero-order chi connectivity index (χ0) is 13.7. The lowest BCUT2D eigenvalue weighted by atomic mass is 10.1. The van der Waals surface area contributed by atoms with E-state index in [1.807, 2.05) is 0 Å². The maximum absolute atomic E-state index is 10.7. The Labute approximate surface area is 110 Å². The fourth-order valence-electron chi connectivity index (χ4n) is 2.00. The molecule has 19 heavy (non-hydrogen) atoms. The molecule has 1 unspecified atom stereocenters. The van der Waals surface area contributed by atoms with Crippen LogP contribution in [-0.4, -0.2) is 29.1 Å². The van der Waals surface area contributed by atoms with Crippen LogP contribution in [-0.2, 0) is 0 Å². The third-order valence-electron chi connectivity index (χ3n) is 3.00. The first-order valence-electron chi connectivity index (χ1n) is 6.12. The van der Waals surface area contributed by atoms with Gasteiger partial charge in [-0.05, 0) is 19.4 Å². The molecular formula is C12H14N4O3.